The second-order valence-corrected chi connectivity index (χ2v) is 8.45. The summed E-state index contributed by atoms with van der Waals surface area (Å²) in [5, 5.41) is 1.30. The van der Waals surface area contributed by atoms with Crippen LogP contribution in [0.5, 0.6) is 0 Å². The van der Waals surface area contributed by atoms with E-state index in [1.165, 1.54) is 50.1 Å². The molecule has 0 spiro atoms. The first-order valence-corrected chi connectivity index (χ1v) is 10.2. The molecule has 0 bridgehead atoms. The molecule has 1 heteroatoms. The van der Waals surface area contributed by atoms with Crippen LogP contribution in [0.15, 0.2) is 72.8 Å². The summed E-state index contributed by atoms with van der Waals surface area (Å²) in [7, 11) is 0. The van der Waals surface area contributed by atoms with E-state index >= 15 is 0 Å². The number of hydrogen-bond donors (Lipinski definition) is 0. The molecule has 0 unspecified atom stereocenters. The minimum atomic E-state index is -0.00105. The van der Waals surface area contributed by atoms with Crippen molar-refractivity contribution >= 4 is 17.0 Å². The van der Waals surface area contributed by atoms with Gasteiger partial charge in [0.15, 0.2) is 0 Å². The Morgan fingerprint density at radius 3 is 2.52 bits per heavy atom. The molecule has 0 aliphatic heterocycles. The van der Waals surface area contributed by atoms with E-state index in [-0.39, 0.29) is 5.41 Å². The van der Waals surface area contributed by atoms with Gasteiger partial charge in [-0.2, -0.15) is 0 Å². The van der Waals surface area contributed by atoms with Gasteiger partial charge in [0.1, 0.15) is 0 Å². The summed E-state index contributed by atoms with van der Waals surface area (Å²) in [6.45, 7) is 4.69. The second kappa shape index (κ2) is 5.75. The third-order valence-corrected chi connectivity index (χ3v) is 6.52. The highest BCUT2D eigenvalue weighted by Gasteiger charge is 2.36. The van der Waals surface area contributed by atoms with Crippen LogP contribution in [0.4, 0.5) is 0 Å². The molecular formula is C28H21N. The SMILES string of the molecule is CC1(C)c2ccccc2-c2cc3c4c(n(-c5ccccc5)c3cc21)CC#CC=C4. The van der Waals surface area contributed by atoms with E-state index in [0.29, 0.717) is 0 Å². The number of aromatic nitrogens is 1. The Hall–Kier alpha value is -3.50. The van der Waals surface area contributed by atoms with Crippen LogP contribution < -0.4 is 0 Å². The average Bonchev–Trinajstić information content (AvgIpc) is 3.02. The van der Waals surface area contributed by atoms with Gasteiger partial charge in [-0.15, -0.1) is 0 Å². The molecule has 1 aromatic heterocycles. The Morgan fingerprint density at radius 1 is 0.862 bits per heavy atom. The smallest absolute Gasteiger partial charge is 0.0541 e. The summed E-state index contributed by atoms with van der Waals surface area (Å²) >= 11 is 0. The summed E-state index contributed by atoms with van der Waals surface area (Å²) in [5.41, 5.74) is 10.6. The van der Waals surface area contributed by atoms with E-state index in [4.69, 9.17) is 0 Å². The molecule has 29 heavy (non-hydrogen) atoms. The summed E-state index contributed by atoms with van der Waals surface area (Å²) in [6, 6.07) is 24.4. The molecule has 0 fully saturated rings. The summed E-state index contributed by atoms with van der Waals surface area (Å²) in [5.74, 6) is 6.47. The van der Waals surface area contributed by atoms with Gasteiger partial charge < -0.3 is 4.57 Å². The number of para-hydroxylation sites is 1. The Labute approximate surface area is 171 Å². The molecule has 0 radical (unpaired) electrons. The van der Waals surface area contributed by atoms with E-state index in [9.17, 15) is 0 Å². The van der Waals surface area contributed by atoms with Gasteiger partial charge >= 0.3 is 0 Å². The molecule has 4 aromatic rings. The molecule has 0 amide bonds. The van der Waals surface area contributed by atoms with Crippen LogP contribution >= 0.6 is 0 Å². The van der Waals surface area contributed by atoms with Crippen molar-refractivity contribution in [3.63, 3.8) is 0 Å². The lowest BCUT2D eigenvalue weighted by atomic mass is 9.82. The molecule has 0 saturated heterocycles. The van der Waals surface area contributed by atoms with Gasteiger partial charge in [0.25, 0.3) is 0 Å². The first-order chi connectivity index (χ1) is 14.2. The standard InChI is InChI=1S/C28H21N/c1-28(2)24-15-10-9-13-20(24)22-17-23-21-14-7-4-8-16-26(21)29(27(23)18-25(22)28)19-11-5-3-6-12-19/h3,5-7,9-15,17-18H,16H2,1-2H3. The fraction of sp³-hybridized carbons (Fsp3) is 0.143. The summed E-state index contributed by atoms with van der Waals surface area (Å²) < 4.78 is 2.41. The third kappa shape index (κ3) is 2.18. The van der Waals surface area contributed by atoms with Crippen molar-refractivity contribution in [3.05, 3.63) is 95.2 Å². The van der Waals surface area contributed by atoms with Crippen molar-refractivity contribution in [2.45, 2.75) is 25.7 Å². The van der Waals surface area contributed by atoms with E-state index < -0.39 is 0 Å². The van der Waals surface area contributed by atoms with Crippen LogP contribution in [0.2, 0.25) is 0 Å². The van der Waals surface area contributed by atoms with E-state index in [2.05, 4.69) is 103 Å². The van der Waals surface area contributed by atoms with Gasteiger partial charge in [0.2, 0.25) is 0 Å². The lowest BCUT2D eigenvalue weighted by molar-refractivity contribution is 0.661. The summed E-state index contributed by atoms with van der Waals surface area (Å²) in [6.07, 6.45) is 4.94. The van der Waals surface area contributed by atoms with Crippen molar-refractivity contribution in [1.82, 2.24) is 4.57 Å². The first kappa shape index (κ1) is 16.5. The Balaban J connectivity index is 1.75. The lowest BCUT2D eigenvalue weighted by Gasteiger charge is -2.21. The van der Waals surface area contributed by atoms with Gasteiger partial charge in [-0.1, -0.05) is 68.2 Å². The fourth-order valence-electron chi connectivity index (χ4n) is 5.11. The largest absolute Gasteiger partial charge is 0.312 e. The monoisotopic (exact) mass is 371 g/mol. The number of benzene rings is 3. The zero-order valence-corrected chi connectivity index (χ0v) is 16.7. The zero-order valence-electron chi connectivity index (χ0n) is 16.7. The Kier molecular flexibility index (Phi) is 3.26. The van der Waals surface area contributed by atoms with Crippen LogP contribution in [0.25, 0.3) is 33.8 Å². The molecule has 0 atom stereocenters. The molecule has 2 aliphatic carbocycles. The van der Waals surface area contributed by atoms with Crippen molar-refractivity contribution in [3.8, 4) is 28.7 Å². The quantitative estimate of drug-likeness (QED) is 0.336. The highest BCUT2D eigenvalue weighted by molar-refractivity contribution is 5.99. The van der Waals surface area contributed by atoms with Crippen LogP contribution in [-0.2, 0) is 11.8 Å². The van der Waals surface area contributed by atoms with E-state index in [1.807, 2.05) is 6.08 Å². The highest BCUT2D eigenvalue weighted by atomic mass is 15.0. The van der Waals surface area contributed by atoms with Crippen LogP contribution in [0, 0.1) is 11.8 Å². The van der Waals surface area contributed by atoms with Crippen molar-refractivity contribution in [2.75, 3.05) is 0 Å². The third-order valence-electron chi connectivity index (χ3n) is 6.52. The number of allylic oxidation sites excluding steroid dienone is 1. The molecular weight excluding hydrogens is 350 g/mol. The zero-order chi connectivity index (χ0) is 19.6. The lowest BCUT2D eigenvalue weighted by Crippen LogP contribution is -2.15. The molecule has 6 rings (SSSR count). The number of nitrogens with zero attached hydrogens (tertiary/aromatic N) is 1. The predicted octanol–water partition coefficient (Wildman–Crippen LogP) is 6.51. The predicted molar refractivity (Wildman–Crippen MR) is 121 cm³/mol. The number of fused-ring (bicyclic) bond motifs is 6. The van der Waals surface area contributed by atoms with Crippen molar-refractivity contribution in [2.24, 2.45) is 0 Å². The first-order valence-electron chi connectivity index (χ1n) is 10.2. The van der Waals surface area contributed by atoms with Crippen LogP contribution in [-0.4, -0.2) is 4.57 Å². The van der Waals surface area contributed by atoms with Crippen LogP contribution in [0.3, 0.4) is 0 Å². The molecule has 2 aliphatic rings. The number of rotatable bonds is 1. The second-order valence-electron chi connectivity index (χ2n) is 8.45. The maximum absolute atomic E-state index is 3.31. The highest BCUT2D eigenvalue weighted by Crippen LogP contribution is 2.50. The van der Waals surface area contributed by atoms with Crippen molar-refractivity contribution < 1.29 is 0 Å². The topological polar surface area (TPSA) is 4.93 Å². The maximum Gasteiger partial charge on any atom is 0.0541 e. The van der Waals surface area contributed by atoms with Crippen molar-refractivity contribution in [1.29, 1.82) is 0 Å². The molecule has 0 N–H and O–H groups in total. The van der Waals surface area contributed by atoms with Gasteiger partial charge in [-0.3, -0.25) is 0 Å². The normalized spacial score (nSPS) is 15.2. The Bertz CT molecular complexity index is 1390. The van der Waals surface area contributed by atoms with Gasteiger partial charge in [0, 0.05) is 27.7 Å². The number of hydrogen-bond acceptors (Lipinski definition) is 0. The minimum Gasteiger partial charge on any atom is -0.312 e. The molecule has 0 saturated carbocycles. The minimum absolute atomic E-state index is 0.00105. The molecule has 3 aromatic carbocycles. The summed E-state index contributed by atoms with van der Waals surface area (Å²) in [4.78, 5) is 0. The fourth-order valence-corrected chi connectivity index (χ4v) is 5.11. The molecule has 1 nitrogen and oxygen atoms in total. The van der Waals surface area contributed by atoms with E-state index in [0.717, 1.165) is 6.42 Å². The van der Waals surface area contributed by atoms with Gasteiger partial charge in [-0.25, -0.2) is 0 Å². The average molecular weight is 371 g/mol. The van der Waals surface area contributed by atoms with Crippen LogP contribution in [0.1, 0.15) is 36.2 Å². The van der Waals surface area contributed by atoms with Gasteiger partial charge in [-0.05, 0) is 58.7 Å². The Morgan fingerprint density at radius 2 is 1.66 bits per heavy atom. The van der Waals surface area contributed by atoms with E-state index in [1.54, 1.807) is 0 Å². The molecule has 1 heterocycles. The van der Waals surface area contributed by atoms with Gasteiger partial charge in [0.05, 0.1) is 11.9 Å². The molecule has 138 valence electrons. The maximum atomic E-state index is 3.31.